The van der Waals surface area contributed by atoms with Crippen LogP contribution in [-0.4, -0.2) is 91.6 Å². The first kappa shape index (κ1) is 28.4. The van der Waals surface area contributed by atoms with E-state index in [9.17, 15) is 10.1 Å². The van der Waals surface area contributed by atoms with Gasteiger partial charge in [-0.15, -0.1) is 11.8 Å². The van der Waals surface area contributed by atoms with Gasteiger partial charge in [0.05, 0.1) is 28.5 Å². The molecule has 0 spiro atoms. The van der Waals surface area contributed by atoms with Crippen LogP contribution >= 0.6 is 11.8 Å². The molecule has 43 heavy (non-hydrogen) atoms. The van der Waals surface area contributed by atoms with E-state index in [0.29, 0.717) is 5.56 Å². The number of nitriles is 1. The Bertz CT molecular complexity index is 1780. The van der Waals surface area contributed by atoms with Crippen molar-refractivity contribution >= 4 is 29.0 Å². The fraction of sp³-hybridized carbons (Fsp3) is 0.290. The number of aromatic nitrogens is 6. The fourth-order valence-corrected chi connectivity index (χ4v) is 5.57. The van der Waals surface area contributed by atoms with Crippen molar-refractivity contribution in [1.82, 2.24) is 39.2 Å². The summed E-state index contributed by atoms with van der Waals surface area (Å²) in [6.45, 7) is 4.74. The van der Waals surface area contributed by atoms with Gasteiger partial charge < -0.3 is 9.80 Å². The van der Waals surface area contributed by atoms with Gasteiger partial charge in [-0.3, -0.25) is 14.4 Å². The lowest BCUT2D eigenvalue weighted by molar-refractivity contribution is -0.129. The highest BCUT2D eigenvalue weighted by atomic mass is 32.2. The highest BCUT2D eigenvalue weighted by molar-refractivity contribution is 7.98. The second-order valence-electron chi connectivity index (χ2n) is 10.7. The largest absolute Gasteiger partial charge is 0.354 e. The standard InChI is InChI=1S/C31H32N10OS/c1-37(2)30(42)21-40-19-26(17-35-40)24-12-27(31-25(13-32)16-36-41(31)20-24)23-5-6-28(33-15-23)39-10-8-38(9-11-39)18-22-4-7-29(43-3)34-14-22/h4-7,12,14-17,19-20H,8-11,18,21H2,1-3H3. The summed E-state index contributed by atoms with van der Waals surface area (Å²) in [6, 6.07) is 12.6. The molecule has 11 nitrogen and oxygen atoms in total. The molecule has 1 saturated heterocycles. The van der Waals surface area contributed by atoms with Gasteiger partial charge in [0.2, 0.25) is 5.91 Å². The molecule has 0 unspecified atom stereocenters. The fourth-order valence-electron chi connectivity index (χ4n) is 5.21. The van der Waals surface area contributed by atoms with Crippen molar-refractivity contribution in [2.24, 2.45) is 0 Å². The van der Waals surface area contributed by atoms with Crippen LogP contribution in [0.25, 0.3) is 27.8 Å². The van der Waals surface area contributed by atoms with E-state index in [-0.39, 0.29) is 12.5 Å². The molecule has 1 aliphatic heterocycles. The van der Waals surface area contributed by atoms with Gasteiger partial charge in [0.1, 0.15) is 18.4 Å². The SMILES string of the molecule is CSc1ccc(CN2CCN(c3ccc(-c4cc(-c5cnn(CC(=O)N(C)C)c5)cn5ncc(C#N)c45)cn3)CC2)cn1. The van der Waals surface area contributed by atoms with Crippen LogP contribution in [0.15, 0.2) is 72.5 Å². The van der Waals surface area contributed by atoms with Crippen molar-refractivity contribution in [3.63, 3.8) is 0 Å². The number of amides is 1. The minimum atomic E-state index is -0.0395. The Balaban J connectivity index is 1.20. The Morgan fingerprint density at radius 2 is 1.79 bits per heavy atom. The van der Waals surface area contributed by atoms with Crippen LogP contribution in [0.4, 0.5) is 5.82 Å². The number of thioether (sulfide) groups is 1. The van der Waals surface area contributed by atoms with Gasteiger partial charge in [-0.05, 0) is 36.1 Å². The molecule has 0 aliphatic carbocycles. The maximum absolute atomic E-state index is 12.2. The van der Waals surface area contributed by atoms with E-state index in [1.807, 2.05) is 43.2 Å². The summed E-state index contributed by atoms with van der Waals surface area (Å²) < 4.78 is 3.35. The van der Waals surface area contributed by atoms with Crippen LogP contribution in [0.1, 0.15) is 11.1 Å². The molecule has 1 amide bonds. The zero-order valence-electron chi connectivity index (χ0n) is 24.4. The lowest BCUT2D eigenvalue weighted by Crippen LogP contribution is -2.46. The summed E-state index contributed by atoms with van der Waals surface area (Å²) in [5, 5.41) is 19.6. The van der Waals surface area contributed by atoms with Gasteiger partial charge >= 0.3 is 0 Å². The minimum Gasteiger partial charge on any atom is -0.354 e. The summed E-state index contributed by atoms with van der Waals surface area (Å²) in [5.74, 6) is 0.893. The zero-order chi connectivity index (χ0) is 29.9. The van der Waals surface area contributed by atoms with Crippen molar-refractivity contribution in [1.29, 1.82) is 5.26 Å². The molecule has 5 aromatic heterocycles. The molecule has 0 aromatic carbocycles. The number of hydrogen-bond acceptors (Lipinski definition) is 9. The van der Waals surface area contributed by atoms with Crippen LogP contribution in [-0.2, 0) is 17.9 Å². The second kappa shape index (κ2) is 12.2. The number of hydrogen-bond donors (Lipinski definition) is 0. The predicted octanol–water partition coefficient (Wildman–Crippen LogP) is 3.66. The average Bonchev–Trinajstić information content (AvgIpc) is 3.68. The molecule has 218 valence electrons. The van der Waals surface area contributed by atoms with E-state index in [4.69, 9.17) is 4.98 Å². The molecule has 0 atom stereocenters. The first-order valence-corrected chi connectivity index (χ1v) is 15.2. The van der Waals surface area contributed by atoms with Gasteiger partial charge in [-0.2, -0.15) is 15.5 Å². The van der Waals surface area contributed by atoms with Gasteiger partial charge in [0.25, 0.3) is 0 Å². The molecule has 6 rings (SSSR count). The van der Waals surface area contributed by atoms with Crippen molar-refractivity contribution in [2.75, 3.05) is 51.4 Å². The predicted molar refractivity (Wildman–Crippen MR) is 167 cm³/mol. The Morgan fingerprint density at radius 1 is 0.953 bits per heavy atom. The molecule has 0 bridgehead atoms. The number of carbonyl (C=O) groups is 1. The summed E-state index contributed by atoms with van der Waals surface area (Å²) in [4.78, 5) is 27.8. The molecule has 0 saturated carbocycles. The molecule has 0 N–H and O–H groups in total. The Kier molecular flexibility index (Phi) is 8.09. The number of pyridine rings is 3. The van der Waals surface area contributed by atoms with E-state index in [1.54, 1.807) is 52.3 Å². The number of carbonyl (C=O) groups excluding carboxylic acids is 1. The topological polar surface area (TPSA) is 111 Å². The second-order valence-corrected chi connectivity index (χ2v) is 11.5. The highest BCUT2D eigenvalue weighted by Crippen LogP contribution is 2.32. The zero-order valence-corrected chi connectivity index (χ0v) is 25.2. The van der Waals surface area contributed by atoms with Gasteiger partial charge in [0, 0.05) is 93.9 Å². The van der Waals surface area contributed by atoms with Crippen molar-refractivity contribution in [2.45, 2.75) is 18.1 Å². The first-order chi connectivity index (χ1) is 20.9. The smallest absolute Gasteiger partial charge is 0.243 e. The maximum Gasteiger partial charge on any atom is 0.243 e. The van der Waals surface area contributed by atoms with E-state index in [0.717, 1.165) is 71.3 Å². The summed E-state index contributed by atoms with van der Waals surface area (Å²) in [6.07, 6.45) is 12.9. The van der Waals surface area contributed by atoms with Crippen LogP contribution in [0.3, 0.4) is 0 Å². The van der Waals surface area contributed by atoms with E-state index in [1.165, 1.54) is 5.56 Å². The number of fused-ring (bicyclic) bond motifs is 1. The number of nitrogens with zero attached hydrogens (tertiary/aromatic N) is 10. The monoisotopic (exact) mass is 592 g/mol. The highest BCUT2D eigenvalue weighted by Gasteiger charge is 2.20. The molecule has 6 heterocycles. The lowest BCUT2D eigenvalue weighted by Gasteiger charge is -2.35. The molecule has 5 aromatic rings. The Morgan fingerprint density at radius 3 is 2.47 bits per heavy atom. The number of piperazine rings is 1. The van der Waals surface area contributed by atoms with Gasteiger partial charge in [-0.25, -0.2) is 14.5 Å². The minimum absolute atomic E-state index is 0.0395. The van der Waals surface area contributed by atoms with Gasteiger partial charge in [-0.1, -0.05) is 6.07 Å². The third-order valence-electron chi connectivity index (χ3n) is 7.66. The van der Waals surface area contributed by atoms with Crippen molar-refractivity contribution in [3.8, 4) is 28.3 Å². The molecule has 12 heteroatoms. The third-order valence-corrected chi connectivity index (χ3v) is 8.32. The van der Waals surface area contributed by atoms with E-state index >= 15 is 0 Å². The Labute approximate surface area is 254 Å². The van der Waals surface area contributed by atoms with Crippen molar-refractivity contribution < 1.29 is 4.79 Å². The number of likely N-dealkylation sites (N-methyl/N-ethyl adjacent to an activating group) is 1. The summed E-state index contributed by atoms with van der Waals surface area (Å²) >= 11 is 1.65. The van der Waals surface area contributed by atoms with Crippen LogP contribution in [0.5, 0.6) is 0 Å². The molecular formula is C31H32N10OS. The first-order valence-electron chi connectivity index (χ1n) is 14.0. The van der Waals surface area contributed by atoms with Crippen molar-refractivity contribution in [3.05, 3.63) is 78.6 Å². The van der Waals surface area contributed by atoms with Gasteiger partial charge in [0.15, 0.2) is 0 Å². The maximum atomic E-state index is 12.2. The summed E-state index contributed by atoms with van der Waals surface area (Å²) in [7, 11) is 3.45. The average molecular weight is 593 g/mol. The Hall–Kier alpha value is -4.73. The molecule has 0 radical (unpaired) electrons. The number of rotatable bonds is 8. The molecule has 1 fully saturated rings. The number of anilines is 1. The summed E-state index contributed by atoms with van der Waals surface area (Å²) in [5.41, 5.74) is 5.92. The third kappa shape index (κ3) is 6.09. The molecular weight excluding hydrogens is 560 g/mol. The lowest BCUT2D eigenvalue weighted by atomic mass is 10.0. The molecule has 1 aliphatic rings. The van der Waals surface area contributed by atoms with Crippen LogP contribution < -0.4 is 4.90 Å². The van der Waals surface area contributed by atoms with Crippen LogP contribution in [0.2, 0.25) is 0 Å². The van der Waals surface area contributed by atoms with Crippen LogP contribution in [0, 0.1) is 11.3 Å². The van der Waals surface area contributed by atoms with E-state index in [2.05, 4.69) is 49.2 Å². The van der Waals surface area contributed by atoms with E-state index < -0.39 is 0 Å². The quantitative estimate of drug-likeness (QED) is 0.249. The normalized spacial score (nSPS) is 13.8.